The summed E-state index contributed by atoms with van der Waals surface area (Å²) >= 11 is 0. The Kier molecular flexibility index (Phi) is 4.87. The van der Waals surface area contributed by atoms with E-state index in [-0.39, 0.29) is 0 Å². The van der Waals surface area contributed by atoms with Crippen molar-refractivity contribution in [3.05, 3.63) is 0 Å². The van der Waals surface area contributed by atoms with Crippen molar-refractivity contribution in [3.63, 3.8) is 0 Å². The maximum Gasteiger partial charge on any atom is 0.0241 e. The Bertz CT molecular complexity index is 221. The summed E-state index contributed by atoms with van der Waals surface area (Å²) in [5.41, 5.74) is 7.25. The molecular formula is C15H30N2. The zero-order valence-corrected chi connectivity index (χ0v) is 11.8. The summed E-state index contributed by atoms with van der Waals surface area (Å²) in [6.45, 7) is 7.20. The van der Waals surface area contributed by atoms with Crippen LogP contribution < -0.4 is 10.9 Å². The Balaban J connectivity index is 1.70. The van der Waals surface area contributed by atoms with Crippen molar-refractivity contribution in [2.24, 2.45) is 17.8 Å². The molecular weight excluding hydrogens is 208 g/mol. The average Bonchev–Trinajstić information content (AvgIpc) is 2.33. The second-order valence-corrected chi connectivity index (χ2v) is 6.62. The van der Waals surface area contributed by atoms with Gasteiger partial charge in [0.05, 0.1) is 0 Å². The highest BCUT2D eigenvalue weighted by molar-refractivity contribution is 4.82. The van der Waals surface area contributed by atoms with Crippen molar-refractivity contribution in [1.29, 1.82) is 0 Å². The van der Waals surface area contributed by atoms with E-state index in [2.05, 4.69) is 31.6 Å². The predicted octanol–water partition coefficient (Wildman–Crippen LogP) is 3.48. The maximum atomic E-state index is 3.64. The van der Waals surface area contributed by atoms with E-state index in [1.807, 2.05) is 0 Å². The van der Waals surface area contributed by atoms with Crippen molar-refractivity contribution < 1.29 is 0 Å². The summed E-state index contributed by atoms with van der Waals surface area (Å²) in [7, 11) is 0. The first kappa shape index (κ1) is 13.4. The molecule has 2 N–H and O–H groups in total. The number of rotatable bonds is 3. The van der Waals surface area contributed by atoms with E-state index < -0.39 is 0 Å². The van der Waals surface area contributed by atoms with Crippen LogP contribution in [0.2, 0.25) is 0 Å². The highest BCUT2D eigenvalue weighted by atomic mass is 15.4. The number of hydrazine groups is 1. The summed E-state index contributed by atoms with van der Waals surface area (Å²) in [5, 5.41) is 0. The van der Waals surface area contributed by atoms with E-state index in [1.54, 1.807) is 0 Å². The van der Waals surface area contributed by atoms with Crippen LogP contribution in [0.3, 0.4) is 0 Å². The van der Waals surface area contributed by atoms with Crippen molar-refractivity contribution in [1.82, 2.24) is 10.9 Å². The van der Waals surface area contributed by atoms with Crippen molar-refractivity contribution in [3.8, 4) is 0 Å². The van der Waals surface area contributed by atoms with E-state index in [9.17, 15) is 0 Å². The highest BCUT2D eigenvalue weighted by Gasteiger charge is 2.27. The van der Waals surface area contributed by atoms with Gasteiger partial charge < -0.3 is 0 Å². The van der Waals surface area contributed by atoms with Crippen LogP contribution in [-0.4, -0.2) is 12.1 Å². The summed E-state index contributed by atoms with van der Waals surface area (Å²) in [5.74, 6) is 2.65. The summed E-state index contributed by atoms with van der Waals surface area (Å²) in [6.07, 6.45) is 9.66. The van der Waals surface area contributed by atoms with Gasteiger partial charge >= 0.3 is 0 Å². The molecule has 3 unspecified atom stereocenters. The molecule has 0 amide bonds. The third-order valence-electron chi connectivity index (χ3n) is 5.20. The Labute approximate surface area is 107 Å². The van der Waals surface area contributed by atoms with E-state index in [0.29, 0.717) is 6.04 Å². The van der Waals surface area contributed by atoms with Gasteiger partial charge in [-0.3, -0.25) is 10.9 Å². The predicted molar refractivity (Wildman–Crippen MR) is 73.7 cm³/mol. The van der Waals surface area contributed by atoms with Gasteiger partial charge in [-0.2, -0.15) is 0 Å². The summed E-state index contributed by atoms with van der Waals surface area (Å²) in [6, 6.07) is 1.41. The van der Waals surface area contributed by atoms with Gasteiger partial charge in [-0.1, -0.05) is 33.6 Å². The topological polar surface area (TPSA) is 24.1 Å². The van der Waals surface area contributed by atoms with Gasteiger partial charge in [-0.05, 0) is 49.9 Å². The highest BCUT2D eigenvalue weighted by Crippen LogP contribution is 2.29. The second-order valence-electron chi connectivity index (χ2n) is 6.62. The first-order chi connectivity index (χ1) is 8.16. The van der Waals surface area contributed by atoms with Crippen LogP contribution in [0.5, 0.6) is 0 Å². The third-order valence-corrected chi connectivity index (χ3v) is 5.20. The van der Waals surface area contributed by atoms with Crippen molar-refractivity contribution in [2.45, 2.75) is 77.8 Å². The molecule has 2 fully saturated rings. The van der Waals surface area contributed by atoms with E-state index in [1.165, 1.54) is 44.9 Å². The fraction of sp³-hybridized carbons (Fsp3) is 1.00. The lowest BCUT2D eigenvalue weighted by atomic mass is 9.78. The van der Waals surface area contributed by atoms with Crippen molar-refractivity contribution >= 4 is 0 Å². The number of hydrogen-bond donors (Lipinski definition) is 2. The Morgan fingerprint density at radius 2 is 1.47 bits per heavy atom. The summed E-state index contributed by atoms with van der Waals surface area (Å²) in [4.78, 5) is 0. The molecule has 0 spiro atoms. The molecule has 0 aromatic carbocycles. The molecule has 2 aliphatic carbocycles. The number of nitrogens with one attached hydrogen (secondary N) is 2. The lowest BCUT2D eigenvalue weighted by Crippen LogP contribution is -2.51. The molecule has 0 aromatic rings. The fourth-order valence-electron chi connectivity index (χ4n) is 3.42. The first-order valence-corrected chi connectivity index (χ1v) is 7.68. The molecule has 0 heterocycles. The van der Waals surface area contributed by atoms with Crippen LogP contribution in [0.4, 0.5) is 0 Å². The van der Waals surface area contributed by atoms with Gasteiger partial charge in [0.1, 0.15) is 0 Å². The number of hydrogen-bond acceptors (Lipinski definition) is 2. The SMILES string of the molecule is CC1CCC(NNC2CCCC(C)C2C)CC1. The molecule has 0 aromatic heterocycles. The first-order valence-electron chi connectivity index (χ1n) is 7.68. The third kappa shape index (κ3) is 3.69. The van der Waals surface area contributed by atoms with Crippen LogP contribution in [0.15, 0.2) is 0 Å². The Morgan fingerprint density at radius 1 is 0.765 bits per heavy atom. The van der Waals surface area contributed by atoms with E-state index >= 15 is 0 Å². The molecule has 2 heteroatoms. The maximum absolute atomic E-state index is 3.64. The van der Waals surface area contributed by atoms with E-state index in [0.717, 1.165) is 23.8 Å². The molecule has 2 rings (SSSR count). The van der Waals surface area contributed by atoms with Gasteiger partial charge in [0.2, 0.25) is 0 Å². The zero-order valence-electron chi connectivity index (χ0n) is 11.8. The molecule has 17 heavy (non-hydrogen) atoms. The monoisotopic (exact) mass is 238 g/mol. The van der Waals surface area contributed by atoms with Crippen LogP contribution in [-0.2, 0) is 0 Å². The molecule has 100 valence electrons. The molecule has 0 bridgehead atoms. The average molecular weight is 238 g/mol. The zero-order chi connectivity index (χ0) is 12.3. The smallest absolute Gasteiger partial charge is 0.0241 e. The Morgan fingerprint density at radius 3 is 2.18 bits per heavy atom. The van der Waals surface area contributed by atoms with Gasteiger partial charge in [-0.25, -0.2) is 0 Å². The normalized spacial score (nSPS) is 43.6. The lowest BCUT2D eigenvalue weighted by Gasteiger charge is -2.37. The minimum absolute atomic E-state index is 0.693. The molecule has 0 radical (unpaired) electrons. The van der Waals surface area contributed by atoms with Gasteiger partial charge in [0, 0.05) is 12.1 Å². The molecule has 0 saturated heterocycles. The van der Waals surface area contributed by atoms with Gasteiger partial charge in [-0.15, -0.1) is 0 Å². The van der Waals surface area contributed by atoms with Crippen LogP contribution in [0.1, 0.15) is 65.7 Å². The quantitative estimate of drug-likeness (QED) is 0.736. The minimum Gasteiger partial charge on any atom is -0.255 e. The largest absolute Gasteiger partial charge is 0.255 e. The molecule has 3 atom stereocenters. The van der Waals surface area contributed by atoms with E-state index in [4.69, 9.17) is 0 Å². The standard InChI is InChI=1S/C15H30N2/c1-11-7-9-14(10-8-11)16-17-15-6-4-5-12(2)13(15)3/h11-17H,4-10H2,1-3H3. The van der Waals surface area contributed by atoms with Gasteiger partial charge in [0.25, 0.3) is 0 Å². The van der Waals surface area contributed by atoms with Crippen LogP contribution >= 0.6 is 0 Å². The Hall–Kier alpha value is -0.0800. The summed E-state index contributed by atoms with van der Waals surface area (Å²) < 4.78 is 0. The second kappa shape index (κ2) is 6.19. The van der Waals surface area contributed by atoms with Crippen LogP contribution in [0, 0.1) is 17.8 Å². The van der Waals surface area contributed by atoms with Gasteiger partial charge in [0.15, 0.2) is 0 Å². The fourth-order valence-corrected chi connectivity index (χ4v) is 3.42. The minimum atomic E-state index is 0.693. The van der Waals surface area contributed by atoms with Crippen LogP contribution in [0.25, 0.3) is 0 Å². The molecule has 0 aliphatic heterocycles. The molecule has 2 aliphatic rings. The molecule has 2 saturated carbocycles. The van der Waals surface area contributed by atoms with Crippen molar-refractivity contribution in [2.75, 3.05) is 0 Å². The lowest BCUT2D eigenvalue weighted by molar-refractivity contribution is 0.171. The molecule has 2 nitrogen and oxygen atoms in total.